The Morgan fingerprint density at radius 1 is 1.44 bits per heavy atom. The van der Waals surface area contributed by atoms with E-state index in [1.165, 1.54) is 4.68 Å². The Kier molecular flexibility index (Phi) is 3.60. The molecule has 0 amide bonds. The van der Waals surface area contributed by atoms with E-state index in [0.29, 0.717) is 18.1 Å². The van der Waals surface area contributed by atoms with E-state index >= 15 is 0 Å². The van der Waals surface area contributed by atoms with Crippen LogP contribution in [0.1, 0.15) is 36.2 Å². The third kappa shape index (κ3) is 2.50. The van der Waals surface area contributed by atoms with Gasteiger partial charge in [-0.2, -0.15) is 4.98 Å². The Hall–Kier alpha value is -2.32. The predicted molar refractivity (Wildman–Crippen MR) is 56.6 cm³/mol. The smallest absolute Gasteiger partial charge is 0.378 e. The van der Waals surface area contributed by atoms with Gasteiger partial charge in [-0.25, -0.2) is 9.48 Å². The maximum Gasteiger partial charge on any atom is 0.378 e. The van der Waals surface area contributed by atoms with Crippen LogP contribution in [0.5, 0.6) is 0 Å². The Labute approximate surface area is 102 Å². The molecule has 0 fully saturated rings. The minimum absolute atomic E-state index is 0.0136. The van der Waals surface area contributed by atoms with Crippen molar-refractivity contribution < 1.29 is 14.1 Å². The van der Waals surface area contributed by atoms with Crippen LogP contribution < -0.4 is 0 Å². The first-order valence-electron chi connectivity index (χ1n) is 5.49. The third-order valence-electron chi connectivity index (χ3n) is 2.09. The Morgan fingerprint density at radius 2 is 2.28 bits per heavy atom. The highest BCUT2D eigenvalue weighted by molar-refractivity contribution is 5.85. The average Bonchev–Trinajstić information content (AvgIpc) is 2.99. The van der Waals surface area contributed by atoms with Crippen molar-refractivity contribution in [1.29, 1.82) is 0 Å². The van der Waals surface area contributed by atoms with Crippen molar-refractivity contribution in [2.75, 3.05) is 6.61 Å². The van der Waals surface area contributed by atoms with Crippen molar-refractivity contribution in [3.8, 4) is 0 Å². The quantitative estimate of drug-likeness (QED) is 0.675. The molecule has 96 valence electrons. The molecule has 0 bridgehead atoms. The highest BCUT2D eigenvalue weighted by atomic mass is 16.5. The second-order valence-electron chi connectivity index (χ2n) is 3.34. The van der Waals surface area contributed by atoms with E-state index in [1.807, 2.05) is 6.92 Å². The van der Waals surface area contributed by atoms with Crippen LogP contribution in [0.3, 0.4) is 0 Å². The van der Waals surface area contributed by atoms with Gasteiger partial charge in [0.1, 0.15) is 6.54 Å². The molecule has 0 aliphatic rings. The summed E-state index contributed by atoms with van der Waals surface area (Å²) in [5, 5.41) is 14.5. The van der Waals surface area contributed by atoms with Gasteiger partial charge in [0.2, 0.25) is 5.89 Å². The molecule has 0 aliphatic carbocycles. The van der Waals surface area contributed by atoms with Crippen molar-refractivity contribution in [3.05, 3.63) is 17.5 Å². The summed E-state index contributed by atoms with van der Waals surface area (Å²) in [6.45, 7) is 4.02. The molecule has 9 heteroatoms. The normalized spacial score (nSPS) is 10.6. The van der Waals surface area contributed by atoms with Crippen LogP contribution in [-0.2, 0) is 17.7 Å². The molecular weight excluding hydrogens is 240 g/mol. The largest absolute Gasteiger partial charge is 0.460 e. The standard InChI is InChI=1S/C9H12N6O3/c1-3-7-10-6(12-18-7)5-15-8(11-13-14-15)9(16)17-4-2/h3-5H2,1-2H3. The first-order chi connectivity index (χ1) is 8.74. The lowest BCUT2D eigenvalue weighted by Crippen LogP contribution is -2.15. The van der Waals surface area contributed by atoms with E-state index in [4.69, 9.17) is 9.26 Å². The van der Waals surface area contributed by atoms with Gasteiger partial charge in [-0.05, 0) is 17.4 Å². The van der Waals surface area contributed by atoms with E-state index < -0.39 is 5.97 Å². The van der Waals surface area contributed by atoms with Crippen LogP contribution in [0, 0.1) is 0 Å². The molecule has 0 saturated heterocycles. The Morgan fingerprint density at radius 3 is 2.94 bits per heavy atom. The molecule has 0 spiro atoms. The van der Waals surface area contributed by atoms with Crippen molar-refractivity contribution >= 4 is 5.97 Å². The maximum atomic E-state index is 11.5. The Bertz CT molecular complexity index is 534. The van der Waals surface area contributed by atoms with Gasteiger partial charge in [0.05, 0.1) is 6.61 Å². The topological polar surface area (TPSA) is 109 Å². The summed E-state index contributed by atoms with van der Waals surface area (Å²) in [7, 11) is 0. The number of tetrazole rings is 1. The molecule has 2 heterocycles. The second-order valence-corrected chi connectivity index (χ2v) is 3.34. The number of hydrogen-bond acceptors (Lipinski definition) is 8. The molecule has 2 aromatic rings. The first-order valence-corrected chi connectivity index (χ1v) is 5.49. The summed E-state index contributed by atoms with van der Waals surface area (Å²) in [6, 6.07) is 0. The molecule has 2 aromatic heterocycles. The molecule has 0 saturated carbocycles. The van der Waals surface area contributed by atoms with Gasteiger partial charge in [0.15, 0.2) is 5.82 Å². The van der Waals surface area contributed by atoms with Crippen LogP contribution in [0.2, 0.25) is 0 Å². The third-order valence-corrected chi connectivity index (χ3v) is 2.09. The SMILES string of the molecule is CCOC(=O)c1nnnn1Cc1noc(CC)n1. The number of aryl methyl sites for hydroxylation is 1. The zero-order chi connectivity index (χ0) is 13.0. The number of esters is 1. The second kappa shape index (κ2) is 5.34. The van der Waals surface area contributed by atoms with E-state index in [0.717, 1.165) is 0 Å². The lowest BCUT2D eigenvalue weighted by atomic mass is 10.5. The highest BCUT2D eigenvalue weighted by Crippen LogP contribution is 2.02. The van der Waals surface area contributed by atoms with E-state index in [1.54, 1.807) is 6.92 Å². The van der Waals surface area contributed by atoms with Crippen LogP contribution in [0.15, 0.2) is 4.52 Å². The molecule has 18 heavy (non-hydrogen) atoms. The highest BCUT2D eigenvalue weighted by Gasteiger charge is 2.18. The van der Waals surface area contributed by atoms with Crippen LogP contribution in [0.25, 0.3) is 0 Å². The molecule has 0 N–H and O–H groups in total. The minimum atomic E-state index is -0.582. The van der Waals surface area contributed by atoms with E-state index in [-0.39, 0.29) is 19.0 Å². The predicted octanol–water partition coefficient (Wildman–Crippen LogP) is -0.157. The van der Waals surface area contributed by atoms with Gasteiger partial charge in [0.25, 0.3) is 5.82 Å². The molecule has 0 atom stereocenters. The van der Waals surface area contributed by atoms with Crippen molar-refractivity contribution in [2.24, 2.45) is 0 Å². The number of rotatable bonds is 5. The van der Waals surface area contributed by atoms with Gasteiger partial charge >= 0.3 is 5.97 Å². The number of carbonyl (C=O) groups excluding carboxylic acids is 1. The fraction of sp³-hybridized carbons (Fsp3) is 0.556. The van der Waals surface area contributed by atoms with Gasteiger partial charge in [0, 0.05) is 6.42 Å². The lowest BCUT2D eigenvalue weighted by molar-refractivity contribution is 0.0505. The number of ether oxygens (including phenoxy) is 1. The van der Waals surface area contributed by atoms with Gasteiger partial charge in [-0.1, -0.05) is 12.1 Å². The summed E-state index contributed by atoms with van der Waals surface area (Å²) in [5.74, 6) is 0.363. The average molecular weight is 252 g/mol. The van der Waals surface area contributed by atoms with Crippen molar-refractivity contribution in [3.63, 3.8) is 0 Å². The van der Waals surface area contributed by atoms with Crippen molar-refractivity contribution in [2.45, 2.75) is 26.8 Å². The first kappa shape index (κ1) is 12.1. The summed E-state index contributed by atoms with van der Waals surface area (Å²) in [6.07, 6.45) is 0.646. The number of hydrogen-bond donors (Lipinski definition) is 0. The molecule has 0 aromatic carbocycles. The lowest BCUT2D eigenvalue weighted by Gasteiger charge is -2.00. The van der Waals surface area contributed by atoms with Crippen LogP contribution in [-0.4, -0.2) is 42.9 Å². The number of carbonyl (C=O) groups is 1. The van der Waals surface area contributed by atoms with Gasteiger partial charge < -0.3 is 9.26 Å². The number of nitrogens with zero attached hydrogens (tertiary/aromatic N) is 6. The zero-order valence-electron chi connectivity index (χ0n) is 10.0. The van der Waals surface area contributed by atoms with Gasteiger partial charge in [-0.3, -0.25) is 0 Å². The number of aromatic nitrogens is 6. The fourth-order valence-corrected chi connectivity index (χ4v) is 1.28. The zero-order valence-corrected chi connectivity index (χ0v) is 10.0. The summed E-state index contributed by atoms with van der Waals surface area (Å²) in [5.41, 5.74) is 0. The molecule has 0 unspecified atom stereocenters. The maximum absolute atomic E-state index is 11.5. The molecule has 2 rings (SSSR count). The monoisotopic (exact) mass is 252 g/mol. The molecule has 0 radical (unpaired) electrons. The summed E-state index contributed by atoms with van der Waals surface area (Å²) < 4.78 is 11.0. The fourth-order valence-electron chi connectivity index (χ4n) is 1.28. The molecule has 0 aliphatic heterocycles. The van der Waals surface area contributed by atoms with Crippen LogP contribution in [0.4, 0.5) is 0 Å². The molecular formula is C9H12N6O3. The van der Waals surface area contributed by atoms with Crippen LogP contribution >= 0.6 is 0 Å². The Balaban J connectivity index is 2.14. The summed E-state index contributed by atoms with van der Waals surface area (Å²) >= 11 is 0. The van der Waals surface area contributed by atoms with E-state index in [9.17, 15) is 4.79 Å². The summed E-state index contributed by atoms with van der Waals surface area (Å²) in [4.78, 5) is 15.6. The minimum Gasteiger partial charge on any atom is -0.460 e. The van der Waals surface area contributed by atoms with E-state index in [2.05, 4.69) is 25.7 Å². The van der Waals surface area contributed by atoms with Gasteiger partial charge in [-0.15, -0.1) is 5.10 Å². The molecule has 9 nitrogen and oxygen atoms in total. The van der Waals surface area contributed by atoms with Crippen molar-refractivity contribution in [1.82, 2.24) is 30.3 Å².